The molecule has 3 saturated carbocycles. The number of ether oxygens (including phenoxy) is 2. The molecule has 2 aromatic rings. The number of allylic oxidation sites excluding steroid dienone is 4. The van der Waals surface area contributed by atoms with Crippen LogP contribution in [-0.4, -0.2) is 43.4 Å². The van der Waals surface area contributed by atoms with Crippen LogP contribution in [0.4, 0.5) is 5.69 Å². The molecule has 8 atom stereocenters. The smallest absolute Gasteiger partial charge is 0.206 e. The standard InChI is InChI=1S/C34H37NO7S/c1-32-15-13-23(37)17-21(32)5-12-26-27(32)14-16-33(2)28(26)18-30-34(33,29(38)19-36)42-31(41-30)20-3-8-24(9-4-20)43(39,40)25-10-6-22(35)7-11-25/h3-4,6-11,13,15,17,26-28,30-31,36H,5,12,14,16,18-19,35H2,1-2H3/t26-,27+,28+,30-,31-,32+,33+,34-/m1/s1. The average Bonchev–Trinajstić information content (AvgIpc) is 3.50. The number of carbonyl (C=O) groups is 2. The van der Waals surface area contributed by atoms with Gasteiger partial charge in [-0.25, -0.2) is 8.42 Å². The van der Waals surface area contributed by atoms with Crippen molar-refractivity contribution in [1.29, 1.82) is 0 Å². The molecule has 0 aromatic heterocycles. The van der Waals surface area contributed by atoms with E-state index in [0.717, 1.165) is 25.7 Å². The number of aliphatic hydroxyl groups excluding tert-OH is 1. The van der Waals surface area contributed by atoms with Crippen molar-refractivity contribution in [3.05, 3.63) is 77.9 Å². The van der Waals surface area contributed by atoms with Crippen LogP contribution in [0, 0.1) is 28.6 Å². The lowest BCUT2D eigenvalue weighted by atomic mass is 9.47. The van der Waals surface area contributed by atoms with Gasteiger partial charge in [0, 0.05) is 22.1 Å². The highest BCUT2D eigenvalue weighted by atomic mass is 32.2. The van der Waals surface area contributed by atoms with Crippen molar-refractivity contribution in [3.63, 3.8) is 0 Å². The third-order valence-corrected chi connectivity index (χ3v) is 13.3. The van der Waals surface area contributed by atoms with Crippen molar-refractivity contribution in [2.45, 2.75) is 73.7 Å². The lowest BCUT2D eigenvalue weighted by molar-refractivity contribution is -0.186. The van der Waals surface area contributed by atoms with E-state index in [1.165, 1.54) is 29.8 Å². The van der Waals surface area contributed by atoms with E-state index in [0.29, 0.717) is 29.5 Å². The number of rotatable bonds is 5. The molecular formula is C34H37NO7S. The van der Waals surface area contributed by atoms with Crippen LogP contribution in [0.15, 0.2) is 82.1 Å². The predicted molar refractivity (Wildman–Crippen MR) is 158 cm³/mol. The molecule has 0 spiro atoms. The SMILES string of the molecule is C[C@]12C=CC(=O)C=C1CC[C@@H]1[C@@H]2CC[C@@]2(C)[C@H]1C[C@H]1O[C@@H](c3ccc(S(=O)(=O)c4ccc(N)cc4)cc3)O[C@]12C(=O)CO. The number of Topliss-reactive ketones (excluding diaryl/α,β-unsaturated/α-hetero) is 1. The summed E-state index contributed by atoms with van der Waals surface area (Å²) in [6.07, 6.45) is 8.25. The monoisotopic (exact) mass is 603 g/mol. The molecule has 0 radical (unpaired) electrons. The third-order valence-electron chi connectivity index (χ3n) is 11.5. The number of nitrogen functional groups attached to an aromatic ring is 1. The van der Waals surface area contributed by atoms with Gasteiger partial charge >= 0.3 is 0 Å². The van der Waals surface area contributed by atoms with Crippen LogP contribution in [0.3, 0.4) is 0 Å². The zero-order valence-corrected chi connectivity index (χ0v) is 25.2. The minimum Gasteiger partial charge on any atom is -0.399 e. The van der Waals surface area contributed by atoms with Gasteiger partial charge in [-0.3, -0.25) is 9.59 Å². The Morgan fingerprint density at radius 3 is 2.37 bits per heavy atom. The highest BCUT2D eigenvalue weighted by molar-refractivity contribution is 7.91. The lowest BCUT2D eigenvalue weighted by Crippen LogP contribution is -2.60. The number of benzene rings is 2. The van der Waals surface area contributed by atoms with Crippen LogP contribution < -0.4 is 5.73 Å². The molecule has 0 unspecified atom stereocenters. The fraction of sp³-hybridized carbons (Fsp3) is 0.471. The molecule has 8 nitrogen and oxygen atoms in total. The molecule has 9 heteroatoms. The zero-order chi connectivity index (χ0) is 30.4. The van der Waals surface area contributed by atoms with E-state index in [-0.39, 0.29) is 32.7 Å². The first-order valence-corrected chi connectivity index (χ1v) is 16.5. The molecule has 0 amide bonds. The molecule has 4 fully saturated rings. The first kappa shape index (κ1) is 28.6. The van der Waals surface area contributed by atoms with Crippen molar-refractivity contribution in [2.75, 3.05) is 12.3 Å². The van der Waals surface area contributed by atoms with Crippen LogP contribution in [0.5, 0.6) is 0 Å². The summed E-state index contributed by atoms with van der Waals surface area (Å²) in [4.78, 5) is 26.1. The maximum Gasteiger partial charge on any atom is 0.206 e. The van der Waals surface area contributed by atoms with E-state index in [1.54, 1.807) is 30.3 Å². The molecule has 1 heterocycles. The molecule has 1 aliphatic heterocycles. The van der Waals surface area contributed by atoms with Crippen molar-refractivity contribution in [2.24, 2.45) is 28.6 Å². The molecule has 1 saturated heterocycles. The number of nitrogens with two attached hydrogens (primary N) is 1. The van der Waals surface area contributed by atoms with Gasteiger partial charge in [-0.1, -0.05) is 37.6 Å². The van der Waals surface area contributed by atoms with Crippen LogP contribution in [0.25, 0.3) is 0 Å². The Kier molecular flexibility index (Phi) is 6.46. The molecule has 4 aliphatic carbocycles. The van der Waals surface area contributed by atoms with Crippen LogP contribution in [-0.2, 0) is 28.9 Å². The zero-order valence-electron chi connectivity index (χ0n) is 24.4. The molecule has 43 heavy (non-hydrogen) atoms. The predicted octanol–water partition coefficient (Wildman–Crippen LogP) is 4.73. The molecule has 0 bridgehead atoms. The van der Waals surface area contributed by atoms with Gasteiger partial charge in [0.1, 0.15) is 6.61 Å². The van der Waals surface area contributed by atoms with Crippen molar-refractivity contribution >= 4 is 27.1 Å². The lowest BCUT2D eigenvalue weighted by Gasteiger charge is -2.58. The third kappa shape index (κ3) is 3.94. The maximum absolute atomic E-state index is 13.7. The van der Waals surface area contributed by atoms with E-state index < -0.39 is 39.9 Å². The summed E-state index contributed by atoms with van der Waals surface area (Å²) in [7, 11) is -3.75. The Balaban J connectivity index is 1.18. The first-order valence-electron chi connectivity index (χ1n) is 15.1. The Labute approximate surface area is 251 Å². The second kappa shape index (κ2) is 9.69. The van der Waals surface area contributed by atoms with Crippen molar-refractivity contribution in [3.8, 4) is 0 Å². The molecule has 2 aromatic carbocycles. The van der Waals surface area contributed by atoms with E-state index >= 15 is 0 Å². The Bertz CT molecular complexity index is 1660. The van der Waals surface area contributed by atoms with Gasteiger partial charge < -0.3 is 20.3 Å². The number of fused-ring (bicyclic) bond motifs is 7. The number of sulfone groups is 1. The van der Waals surface area contributed by atoms with Gasteiger partial charge in [-0.15, -0.1) is 0 Å². The van der Waals surface area contributed by atoms with Crippen molar-refractivity contribution in [1.82, 2.24) is 0 Å². The number of aliphatic hydroxyl groups is 1. The first-order chi connectivity index (χ1) is 20.4. The highest BCUT2D eigenvalue weighted by Gasteiger charge is 2.74. The Morgan fingerprint density at radius 2 is 1.70 bits per heavy atom. The number of hydrogen-bond acceptors (Lipinski definition) is 8. The van der Waals surface area contributed by atoms with Gasteiger partial charge in [0.05, 0.1) is 15.9 Å². The normalized spacial score (nSPS) is 38.1. The van der Waals surface area contributed by atoms with Gasteiger partial charge in [-0.2, -0.15) is 0 Å². The number of ketones is 2. The van der Waals surface area contributed by atoms with Gasteiger partial charge in [0.25, 0.3) is 0 Å². The number of hydrogen-bond donors (Lipinski definition) is 2. The summed E-state index contributed by atoms with van der Waals surface area (Å²) >= 11 is 0. The minimum absolute atomic E-state index is 0.0539. The van der Waals surface area contributed by atoms with Crippen LogP contribution >= 0.6 is 0 Å². The van der Waals surface area contributed by atoms with E-state index in [2.05, 4.69) is 19.9 Å². The van der Waals surface area contributed by atoms with E-state index in [4.69, 9.17) is 15.2 Å². The molecular weight excluding hydrogens is 566 g/mol. The Morgan fingerprint density at radius 1 is 1.02 bits per heavy atom. The fourth-order valence-electron chi connectivity index (χ4n) is 9.30. The topological polar surface area (TPSA) is 133 Å². The van der Waals surface area contributed by atoms with Gasteiger partial charge in [0.15, 0.2) is 23.5 Å². The van der Waals surface area contributed by atoms with Gasteiger partial charge in [-0.05, 0) is 98.4 Å². The second-order valence-electron chi connectivity index (χ2n) is 13.3. The van der Waals surface area contributed by atoms with Crippen LogP contribution in [0.1, 0.15) is 57.8 Å². The fourth-order valence-corrected chi connectivity index (χ4v) is 10.6. The largest absolute Gasteiger partial charge is 0.399 e. The highest BCUT2D eigenvalue weighted by Crippen LogP contribution is 2.70. The summed E-state index contributed by atoms with van der Waals surface area (Å²) in [5.41, 5.74) is 6.00. The summed E-state index contributed by atoms with van der Waals surface area (Å²) in [6, 6.07) is 12.4. The Hall–Kier alpha value is -3.11. The summed E-state index contributed by atoms with van der Waals surface area (Å²) in [5.74, 6) is 0.525. The van der Waals surface area contributed by atoms with E-state index in [9.17, 15) is 23.1 Å². The van der Waals surface area contributed by atoms with Crippen molar-refractivity contribution < 1.29 is 32.6 Å². The number of carbonyl (C=O) groups excluding carboxylic acids is 2. The summed E-state index contributed by atoms with van der Waals surface area (Å²) in [6.45, 7) is 3.73. The van der Waals surface area contributed by atoms with Gasteiger partial charge in [0.2, 0.25) is 9.84 Å². The quantitative estimate of drug-likeness (QED) is 0.469. The summed E-state index contributed by atoms with van der Waals surface area (Å²) < 4.78 is 39.5. The number of anilines is 1. The van der Waals surface area contributed by atoms with Crippen LogP contribution in [0.2, 0.25) is 0 Å². The molecule has 7 rings (SSSR count). The average molecular weight is 604 g/mol. The summed E-state index contributed by atoms with van der Waals surface area (Å²) in [5, 5.41) is 10.2. The van der Waals surface area contributed by atoms with E-state index in [1.807, 2.05) is 6.08 Å². The second-order valence-corrected chi connectivity index (χ2v) is 15.3. The maximum atomic E-state index is 13.7. The minimum atomic E-state index is -3.75. The molecule has 5 aliphatic rings. The molecule has 226 valence electrons. The molecule has 3 N–H and O–H groups in total.